The summed E-state index contributed by atoms with van der Waals surface area (Å²) in [7, 11) is 0. The fourth-order valence-corrected chi connectivity index (χ4v) is 66.8. The van der Waals surface area contributed by atoms with Crippen LogP contribution in [0.5, 0.6) is 0 Å². The number of rotatable bonds is 14. The molecule has 0 saturated carbocycles. The van der Waals surface area contributed by atoms with E-state index in [9.17, 15) is 0 Å². The van der Waals surface area contributed by atoms with Gasteiger partial charge >= 0.3 is 247 Å². The molecule has 0 N–H and O–H groups in total. The van der Waals surface area contributed by atoms with Gasteiger partial charge in [-0.3, -0.25) is 0 Å². The zero-order valence-corrected chi connectivity index (χ0v) is 28.3. The second kappa shape index (κ2) is 15.2. The first kappa shape index (κ1) is 29.3. The summed E-state index contributed by atoms with van der Waals surface area (Å²) >= 11 is 8.48. The van der Waals surface area contributed by atoms with Crippen LogP contribution in [0.25, 0.3) is 0 Å². The Morgan fingerprint density at radius 2 is 0.595 bits per heavy atom. The Labute approximate surface area is 244 Å². The molecule has 37 heavy (non-hydrogen) atoms. The molecule has 0 unspecified atom stereocenters. The molecule has 0 aliphatic heterocycles. The Balaban J connectivity index is 1.54. The van der Waals surface area contributed by atoms with Gasteiger partial charge in [0.1, 0.15) is 0 Å². The Morgan fingerprint density at radius 1 is 0.378 bits per heavy atom. The minimum atomic E-state index is -1.21. The van der Waals surface area contributed by atoms with E-state index in [1.807, 2.05) is 0 Å². The van der Waals surface area contributed by atoms with E-state index in [2.05, 4.69) is 152 Å². The first-order chi connectivity index (χ1) is 18.0. The molecule has 0 aliphatic rings. The molecule has 4 aromatic carbocycles. The normalized spacial score (nSPS) is 11.9. The van der Waals surface area contributed by atoms with Crippen molar-refractivity contribution < 1.29 is 0 Å². The Morgan fingerprint density at radius 3 is 0.811 bits per heavy atom. The summed E-state index contributed by atoms with van der Waals surface area (Å²) in [5.41, 5.74) is 5.93. The predicted octanol–water partition coefficient (Wildman–Crippen LogP) is 7.69. The SMILES string of the molecule is [Se]=P(CCc1ccccc1)(CCc1ccccc1)[Se]P(=[Se])(CCc1ccccc1)CCc1ccccc1. The zero-order valence-electron chi connectivity index (χ0n) is 21.3. The van der Waals surface area contributed by atoms with E-state index in [0.717, 1.165) is 0 Å². The molecule has 0 spiro atoms. The van der Waals surface area contributed by atoms with Crippen LogP contribution in [0.15, 0.2) is 121 Å². The molecule has 4 aromatic rings. The molecule has 192 valence electrons. The molecule has 0 radical (unpaired) electrons. The third kappa shape index (κ3) is 10.4. The van der Waals surface area contributed by atoms with Crippen molar-refractivity contribution in [2.75, 3.05) is 24.6 Å². The Hall–Kier alpha value is -0.702. The van der Waals surface area contributed by atoms with E-state index < -0.39 is 8.40 Å². The van der Waals surface area contributed by atoms with Crippen LogP contribution in [0.3, 0.4) is 0 Å². The summed E-state index contributed by atoms with van der Waals surface area (Å²) < 4.78 is -2.42. The average molecular weight is 719 g/mol. The molecule has 0 aromatic heterocycles. The molecule has 0 atom stereocenters. The van der Waals surface area contributed by atoms with E-state index in [1.165, 1.54) is 72.6 Å². The molecule has 0 heterocycles. The molecule has 0 saturated heterocycles. The van der Waals surface area contributed by atoms with Crippen LogP contribution in [0.4, 0.5) is 0 Å². The third-order valence-electron chi connectivity index (χ3n) is 6.63. The molecule has 0 fully saturated rings. The van der Waals surface area contributed by atoms with Gasteiger partial charge < -0.3 is 0 Å². The van der Waals surface area contributed by atoms with E-state index in [1.54, 1.807) is 0 Å². The average Bonchev–Trinajstić information content (AvgIpc) is 2.95. The molecular formula is C32H36P2Se3. The Bertz CT molecular complexity index is 1100. The van der Waals surface area contributed by atoms with Crippen LogP contribution in [-0.2, 0) is 25.7 Å². The topological polar surface area (TPSA) is 0 Å². The summed E-state index contributed by atoms with van der Waals surface area (Å²) in [4.78, 5) is 0. The van der Waals surface area contributed by atoms with Gasteiger partial charge in [-0.15, -0.1) is 0 Å². The second-order valence-corrected chi connectivity index (χ2v) is 43.0. The van der Waals surface area contributed by atoms with Crippen LogP contribution in [0.1, 0.15) is 22.3 Å². The van der Waals surface area contributed by atoms with Gasteiger partial charge in [0.05, 0.1) is 0 Å². The summed E-state index contributed by atoms with van der Waals surface area (Å²) in [5.74, 6) is 0. The quantitative estimate of drug-likeness (QED) is 0.0927. The van der Waals surface area contributed by atoms with Crippen LogP contribution in [0, 0.1) is 0 Å². The molecule has 5 heteroatoms. The van der Waals surface area contributed by atoms with Gasteiger partial charge in [-0.25, -0.2) is 0 Å². The molecule has 4 rings (SSSR count). The number of hydrogen-bond donors (Lipinski definition) is 0. The third-order valence-corrected chi connectivity index (χ3v) is 46.1. The van der Waals surface area contributed by atoms with E-state index in [-0.39, 0.29) is 0 Å². The maximum atomic E-state index is 3.93. The standard InChI is InChI=1S/C32H36P2Se3/c35-33(25-21-29-13-5-1-6-14-29,26-22-30-15-7-2-8-16-30)37-34(36,27-23-31-17-9-3-10-18-31)28-24-32-19-11-4-12-20-32/h1-20H,21-28H2. The Kier molecular flexibility index (Phi) is 12.0. The monoisotopic (exact) mass is 722 g/mol. The molecule has 0 aliphatic carbocycles. The van der Waals surface area contributed by atoms with Crippen molar-refractivity contribution in [3.8, 4) is 0 Å². The molecule has 0 nitrogen and oxygen atoms in total. The van der Waals surface area contributed by atoms with E-state index in [0.29, 0.717) is 14.1 Å². The fraction of sp³-hybridized carbons (Fsp3) is 0.250. The predicted molar refractivity (Wildman–Crippen MR) is 171 cm³/mol. The van der Waals surface area contributed by atoms with Gasteiger partial charge in [0.2, 0.25) is 0 Å². The van der Waals surface area contributed by atoms with Crippen molar-refractivity contribution in [1.29, 1.82) is 0 Å². The second-order valence-electron chi connectivity index (χ2n) is 9.55. The van der Waals surface area contributed by atoms with Gasteiger partial charge in [0, 0.05) is 0 Å². The maximum absolute atomic E-state index is 3.93. The summed E-state index contributed by atoms with van der Waals surface area (Å²) in [5, 5.41) is 0. The van der Waals surface area contributed by atoms with Crippen molar-refractivity contribution in [2.45, 2.75) is 25.7 Å². The zero-order chi connectivity index (χ0) is 25.8. The van der Waals surface area contributed by atoms with Crippen LogP contribution < -0.4 is 0 Å². The number of aryl methyl sites for hydroxylation is 4. The van der Waals surface area contributed by atoms with Gasteiger partial charge in [-0.05, 0) is 0 Å². The van der Waals surface area contributed by atoms with Crippen molar-refractivity contribution in [3.63, 3.8) is 0 Å². The fourth-order valence-electron chi connectivity index (χ4n) is 4.43. The number of hydrogen-bond acceptors (Lipinski definition) is 0. The molecule has 0 bridgehead atoms. The van der Waals surface area contributed by atoms with Crippen molar-refractivity contribution in [1.82, 2.24) is 0 Å². The first-order valence-electron chi connectivity index (χ1n) is 13.1. The first-order valence-corrected chi connectivity index (χ1v) is 26.2. The number of benzene rings is 4. The van der Waals surface area contributed by atoms with Gasteiger partial charge in [-0.2, -0.15) is 0 Å². The summed E-state index contributed by atoms with van der Waals surface area (Å²) in [6, 6.07) is 44.5. The van der Waals surface area contributed by atoms with Crippen molar-refractivity contribution in [3.05, 3.63) is 144 Å². The van der Waals surface area contributed by atoms with Crippen LogP contribution >= 0.6 is 8.40 Å². The van der Waals surface area contributed by atoms with Gasteiger partial charge in [0.25, 0.3) is 0 Å². The summed E-state index contributed by atoms with van der Waals surface area (Å²) in [6.07, 6.45) is 10.1. The summed E-state index contributed by atoms with van der Waals surface area (Å²) in [6.45, 7) is 0. The molecular weight excluding hydrogens is 683 g/mol. The van der Waals surface area contributed by atoms with Crippen molar-refractivity contribution in [2.24, 2.45) is 0 Å². The van der Waals surface area contributed by atoms with E-state index >= 15 is 0 Å². The minimum absolute atomic E-state index is 0.618. The van der Waals surface area contributed by atoms with Crippen molar-refractivity contribution >= 4 is 52.7 Å². The molecule has 0 amide bonds. The van der Waals surface area contributed by atoms with Crippen LogP contribution in [-0.4, -0.2) is 68.9 Å². The van der Waals surface area contributed by atoms with Crippen LogP contribution in [0.2, 0.25) is 0 Å². The van der Waals surface area contributed by atoms with Gasteiger partial charge in [-0.1, -0.05) is 0 Å². The van der Waals surface area contributed by atoms with E-state index in [4.69, 9.17) is 0 Å². The van der Waals surface area contributed by atoms with Gasteiger partial charge in [0.15, 0.2) is 0 Å².